The minimum Gasteiger partial charge on any atom is -0.481 e. The van der Waals surface area contributed by atoms with E-state index in [-0.39, 0.29) is 18.2 Å². The molecule has 1 N–H and O–H groups in total. The van der Waals surface area contributed by atoms with Crippen LogP contribution in [0.25, 0.3) is 11.3 Å². The number of hydrogen-bond acceptors (Lipinski definition) is 3. The SMILES string of the molecule is CCc1ccc(-c2ccc(C(=O)N3CCCC(CCC(=O)O)C3)o2)cc1. The lowest BCUT2D eigenvalue weighted by Gasteiger charge is -2.32. The Hall–Kier alpha value is -2.56. The van der Waals surface area contributed by atoms with Crippen LogP contribution < -0.4 is 0 Å². The zero-order valence-electron chi connectivity index (χ0n) is 15.1. The van der Waals surface area contributed by atoms with Crippen LogP contribution in [-0.4, -0.2) is 35.0 Å². The van der Waals surface area contributed by atoms with E-state index in [1.165, 1.54) is 5.56 Å². The predicted molar refractivity (Wildman–Crippen MR) is 99.0 cm³/mol. The highest BCUT2D eigenvalue weighted by molar-refractivity contribution is 5.92. The molecule has 1 atom stereocenters. The number of carbonyl (C=O) groups is 2. The first-order valence-corrected chi connectivity index (χ1v) is 9.27. The summed E-state index contributed by atoms with van der Waals surface area (Å²) in [7, 11) is 0. The van der Waals surface area contributed by atoms with Crippen molar-refractivity contribution < 1.29 is 19.1 Å². The number of furan rings is 1. The number of carboxylic acids is 1. The first-order chi connectivity index (χ1) is 12.6. The molecule has 0 saturated carbocycles. The lowest BCUT2D eigenvalue weighted by Crippen LogP contribution is -2.39. The smallest absolute Gasteiger partial charge is 0.303 e. The summed E-state index contributed by atoms with van der Waals surface area (Å²) in [5.74, 6) is 0.397. The number of aliphatic carboxylic acids is 1. The summed E-state index contributed by atoms with van der Waals surface area (Å²) in [6.07, 6.45) is 3.64. The number of benzene rings is 1. The summed E-state index contributed by atoms with van der Waals surface area (Å²) >= 11 is 0. The quantitative estimate of drug-likeness (QED) is 0.842. The third kappa shape index (κ3) is 4.34. The van der Waals surface area contributed by atoms with Crippen molar-refractivity contribution in [1.82, 2.24) is 4.90 Å². The highest BCUT2D eigenvalue weighted by Crippen LogP contribution is 2.26. The van der Waals surface area contributed by atoms with Gasteiger partial charge in [0.05, 0.1) is 0 Å². The Morgan fingerprint density at radius 2 is 1.96 bits per heavy atom. The number of piperidine rings is 1. The van der Waals surface area contributed by atoms with Crippen molar-refractivity contribution >= 4 is 11.9 Å². The molecule has 5 heteroatoms. The van der Waals surface area contributed by atoms with E-state index in [9.17, 15) is 9.59 Å². The molecule has 0 aliphatic carbocycles. The van der Waals surface area contributed by atoms with E-state index in [0.29, 0.717) is 31.0 Å². The van der Waals surface area contributed by atoms with Crippen molar-refractivity contribution in [3.8, 4) is 11.3 Å². The van der Waals surface area contributed by atoms with Gasteiger partial charge in [0.2, 0.25) is 0 Å². The van der Waals surface area contributed by atoms with E-state index in [2.05, 4.69) is 19.1 Å². The molecule has 1 amide bonds. The first kappa shape index (κ1) is 18.2. The molecule has 0 spiro atoms. The van der Waals surface area contributed by atoms with E-state index >= 15 is 0 Å². The predicted octanol–water partition coefficient (Wildman–Crippen LogP) is 4.23. The second-order valence-electron chi connectivity index (χ2n) is 6.91. The summed E-state index contributed by atoms with van der Waals surface area (Å²) in [5, 5.41) is 8.85. The number of carbonyl (C=O) groups excluding carboxylic acids is 1. The van der Waals surface area contributed by atoms with Gasteiger partial charge in [0.15, 0.2) is 5.76 Å². The van der Waals surface area contributed by atoms with Crippen molar-refractivity contribution in [1.29, 1.82) is 0 Å². The number of carboxylic acid groups (broad SMARTS) is 1. The van der Waals surface area contributed by atoms with Gasteiger partial charge in [-0.05, 0) is 49.3 Å². The average Bonchev–Trinajstić information content (AvgIpc) is 3.16. The minimum absolute atomic E-state index is 0.110. The van der Waals surface area contributed by atoms with Gasteiger partial charge in [0.1, 0.15) is 5.76 Å². The number of rotatable bonds is 6. The van der Waals surface area contributed by atoms with E-state index < -0.39 is 5.97 Å². The molecule has 3 rings (SSSR count). The fourth-order valence-electron chi connectivity index (χ4n) is 3.48. The van der Waals surface area contributed by atoms with E-state index in [4.69, 9.17) is 9.52 Å². The maximum Gasteiger partial charge on any atom is 0.303 e. The Balaban J connectivity index is 1.66. The van der Waals surface area contributed by atoms with E-state index in [1.807, 2.05) is 18.2 Å². The van der Waals surface area contributed by atoms with Gasteiger partial charge in [-0.25, -0.2) is 0 Å². The molecular weight excluding hydrogens is 330 g/mol. The van der Waals surface area contributed by atoms with Gasteiger partial charge < -0.3 is 14.4 Å². The number of nitrogens with zero attached hydrogens (tertiary/aromatic N) is 1. The van der Waals surface area contributed by atoms with Crippen LogP contribution in [-0.2, 0) is 11.2 Å². The van der Waals surface area contributed by atoms with Crippen molar-refractivity contribution in [2.45, 2.75) is 39.0 Å². The van der Waals surface area contributed by atoms with Crippen LogP contribution in [0.5, 0.6) is 0 Å². The Morgan fingerprint density at radius 3 is 2.65 bits per heavy atom. The summed E-state index contributed by atoms with van der Waals surface area (Å²) in [6.45, 7) is 3.41. The molecule has 1 fully saturated rings. The molecule has 138 valence electrons. The second kappa shape index (κ2) is 8.21. The standard InChI is InChI=1S/C21H25NO4/c1-2-15-5-8-17(9-6-15)18-10-11-19(26-18)21(25)22-13-3-4-16(14-22)7-12-20(23)24/h5-6,8-11,16H,2-4,7,12-14H2,1H3,(H,23,24). The lowest BCUT2D eigenvalue weighted by atomic mass is 9.93. The molecule has 1 aliphatic heterocycles. The average molecular weight is 355 g/mol. The zero-order chi connectivity index (χ0) is 18.5. The van der Waals surface area contributed by atoms with Crippen LogP contribution in [0.3, 0.4) is 0 Å². The van der Waals surface area contributed by atoms with Gasteiger partial charge in [0.25, 0.3) is 5.91 Å². The molecule has 1 aromatic heterocycles. The molecule has 2 aromatic rings. The molecule has 1 saturated heterocycles. The Labute approximate surface area is 153 Å². The van der Waals surface area contributed by atoms with Gasteiger partial charge in [-0.1, -0.05) is 31.2 Å². The molecule has 26 heavy (non-hydrogen) atoms. The van der Waals surface area contributed by atoms with E-state index in [1.54, 1.807) is 11.0 Å². The van der Waals surface area contributed by atoms with Gasteiger partial charge in [0, 0.05) is 25.1 Å². The second-order valence-corrected chi connectivity index (χ2v) is 6.91. The number of likely N-dealkylation sites (tertiary alicyclic amines) is 1. The largest absolute Gasteiger partial charge is 0.481 e. The molecule has 2 heterocycles. The fourth-order valence-corrected chi connectivity index (χ4v) is 3.48. The highest BCUT2D eigenvalue weighted by Gasteiger charge is 2.26. The maximum atomic E-state index is 12.7. The van der Waals surface area contributed by atoms with Crippen LogP contribution in [0.4, 0.5) is 0 Å². The molecule has 5 nitrogen and oxygen atoms in total. The third-order valence-electron chi connectivity index (χ3n) is 5.04. The summed E-state index contributed by atoms with van der Waals surface area (Å²) in [5.41, 5.74) is 2.22. The van der Waals surface area contributed by atoms with Crippen molar-refractivity contribution in [2.75, 3.05) is 13.1 Å². The molecule has 1 unspecified atom stereocenters. The summed E-state index contributed by atoms with van der Waals surface area (Å²) in [4.78, 5) is 25.3. The molecule has 0 bridgehead atoms. The summed E-state index contributed by atoms with van der Waals surface area (Å²) in [6, 6.07) is 11.7. The highest BCUT2D eigenvalue weighted by atomic mass is 16.4. The van der Waals surface area contributed by atoms with Crippen molar-refractivity contribution in [3.05, 3.63) is 47.7 Å². The van der Waals surface area contributed by atoms with Crippen LogP contribution in [0.15, 0.2) is 40.8 Å². The van der Waals surface area contributed by atoms with Crippen LogP contribution in [0.2, 0.25) is 0 Å². The number of amides is 1. The molecule has 0 radical (unpaired) electrons. The Morgan fingerprint density at radius 1 is 1.19 bits per heavy atom. The zero-order valence-corrected chi connectivity index (χ0v) is 15.1. The topological polar surface area (TPSA) is 70.8 Å². The fraction of sp³-hybridized carbons (Fsp3) is 0.429. The van der Waals surface area contributed by atoms with Gasteiger partial charge >= 0.3 is 5.97 Å². The molecule has 1 aromatic carbocycles. The maximum absolute atomic E-state index is 12.7. The first-order valence-electron chi connectivity index (χ1n) is 9.27. The monoisotopic (exact) mass is 355 g/mol. The van der Waals surface area contributed by atoms with Gasteiger partial charge in [-0.2, -0.15) is 0 Å². The van der Waals surface area contributed by atoms with Crippen LogP contribution >= 0.6 is 0 Å². The van der Waals surface area contributed by atoms with Crippen LogP contribution in [0, 0.1) is 5.92 Å². The van der Waals surface area contributed by atoms with Gasteiger partial charge in [-0.3, -0.25) is 9.59 Å². The van der Waals surface area contributed by atoms with E-state index in [0.717, 1.165) is 24.8 Å². The Kier molecular flexibility index (Phi) is 5.76. The normalized spacial score (nSPS) is 17.3. The number of aryl methyl sites for hydroxylation is 1. The molecular formula is C21H25NO4. The van der Waals surface area contributed by atoms with Gasteiger partial charge in [-0.15, -0.1) is 0 Å². The Bertz CT molecular complexity index is 763. The van der Waals surface area contributed by atoms with Crippen molar-refractivity contribution in [2.24, 2.45) is 5.92 Å². The van der Waals surface area contributed by atoms with Crippen LogP contribution in [0.1, 0.15) is 48.7 Å². The minimum atomic E-state index is -0.779. The van der Waals surface area contributed by atoms with Crippen molar-refractivity contribution in [3.63, 3.8) is 0 Å². The number of hydrogen-bond donors (Lipinski definition) is 1. The molecule has 1 aliphatic rings. The summed E-state index contributed by atoms with van der Waals surface area (Å²) < 4.78 is 5.81. The lowest BCUT2D eigenvalue weighted by molar-refractivity contribution is -0.137. The third-order valence-corrected chi connectivity index (χ3v) is 5.04.